The highest BCUT2D eigenvalue weighted by Gasteiger charge is 2.12. The third-order valence-electron chi connectivity index (χ3n) is 2.74. The van der Waals surface area contributed by atoms with Gasteiger partial charge in [-0.1, -0.05) is 12.1 Å². The Morgan fingerprint density at radius 1 is 1.35 bits per heavy atom. The van der Waals surface area contributed by atoms with Gasteiger partial charge in [-0.2, -0.15) is 0 Å². The number of benzene rings is 1. The summed E-state index contributed by atoms with van der Waals surface area (Å²) < 4.78 is 19.1. The Balaban J connectivity index is 2.34. The summed E-state index contributed by atoms with van der Waals surface area (Å²) in [6, 6.07) is 6.43. The first-order valence-corrected chi connectivity index (χ1v) is 6.89. The van der Waals surface area contributed by atoms with E-state index in [0.717, 1.165) is 15.7 Å². The van der Waals surface area contributed by atoms with E-state index in [1.807, 2.05) is 6.07 Å². The van der Waals surface area contributed by atoms with Crippen molar-refractivity contribution >= 4 is 21.7 Å². The fourth-order valence-corrected chi connectivity index (χ4v) is 2.34. The Kier molecular flexibility index (Phi) is 5.03. The summed E-state index contributed by atoms with van der Waals surface area (Å²) in [6.45, 7) is 0.383. The van der Waals surface area contributed by atoms with Crippen molar-refractivity contribution in [3.8, 4) is 0 Å². The summed E-state index contributed by atoms with van der Waals surface area (Å²) in [4.78, 5) is 8.86. The van der Waals surface area contributed by atoms with E-state index in [-0.39, 0.29) is 5.82 Å². The molecule has 0 unspecified atom stereocenters. The van der Waals surface area contributed by atoms with E-state index >= 15 is 0 Å². The van der Waals surface area contributed by atoms with Gasteiger partial charge in [-0.25, -0.2) is 14.4 Å². The standard InChI is InChI=1S/C14H15BrFN3O/c1-17-14-13(15)11(8-20-2)18-12(19-14)7-9-4-3-5-10(16)6-9/h3-6H,7-8H2,1-2H3,(H,17,18,19). The summed E-state index contributed by atoms with van der Waals surface area (Å²) in [5.41, 5.74) is 1.59. The molecule has 0 saturated heterocycles. The molecule has 106 valence electrons. The lowest BCUT2D eigenvalue weighted by Crippen LogP contribution is -2.07. The molecule has 0 atom stereocenters. The minimum Gasteiger partial charge on any atom is -0.378 e. The maximum Gasteiger partial charge on any atom is 0.144 e. The summed E-state index contributed by atoms with van der Waals surface area (Å²) in [6.07, 6.45) is 0.469. The molecule has 0 fully saturated rings. The monoisotopic (exact) mass is 339 g/mol. The molecule has 0 radical (unpaired) electrons. The molecule has 0 spiro atoms. The van der Waals surface area contributed by atoms with Crippen molar-refractivity contribution < 1.29 is 9.13 Å². The van der Waals surface area contributed by atoms with E-state index in [1.54, 1.807) is 20.2 Å². The van der Waals surface area contributed by atoms with Crippen molar-refractivity contribution in [2.24, 2.45) is 0 Å². The van der Waals surface area contributed by atoms with E-state index in [9.17, 15) is 4.39 Å². The molecule has 20 heavy (non-hydrogen) atoms. The zero-order chi connectivity index (χ0) is 14.5. The number of rotatable bonds is 5. The van der Waals surface area contributed by atoms with E-state index in [1.165, 1.54) is 12.1 Å². The molecular formula is C14H15BrFN3O. The molecule has 0 aliphatic heterocycles. The quantitative estimate of drug-likeness (QED) is 0.908. The van der Waals surface area contributed by atoms with Crippen LogP contribution in [-0.2, 0) is 17.8 Å². The molecule has 2 aromatic rings. The van der Waals surface area contributed by atoms with Gasteiger partial charge in [-0.15, -0.1) is 0 Å². The lowest BCUT2D eigenvalue weighted by atomic mass is 10.1. The molecule has 0 aliphatic rings. The van der Waals surface area contributed by atoms with Gasteiger partial charge in [0.1, 0.15) is 17.5 Å². The van der Waals surface area contributed by atoms with Crippen molar-refractivity contribution in [1.82, 2.24) is 9.97 Å². The summed E-state index contributed by atoms with van der Waals surface area (Å²) in [7, 11) is 3.40. The fraction of sp³-hybridized carbons (Fsp3) is 0.286. The first-order chi connectivity index (χ1) is 9.63. The number of methoxy groups -OCH3 is 1. The van der Waals surface area contributed by atoms with Crippen LogP contribution in [-0.4, -0.2) is 24.1 Å². The summed E-state index contributed by atoms with van der Waals surface area (Å²) >= 11 is 3.45. The largest absolute Gasteiger partial charge is 0.378 e. The number of nitrogens with one attached hydrogen (secondary N) is 1. The highest BCUT2D eigenvalue weighted by atomic mass is 79.9. The van der Waals surface area contributed by atoms with Crippen LogP contribution in [0.1, 0.15) is 17.1 Å². The second-order valence-corrected chi connectivity index (χ2v) is 5.03. The number of ether oxygens (including phenoxy) is 1. The van der Waals surface area contributed by atoms with Gasteiger partial charge >= 0.3 is 0 Å². The Labute approximate surface area is 125 Å². The van der Waals surface area contributed by atoms with Crippen molar-refractivity contribution in [3.05, 3.63) is 51.6 Å². The van der Waals surface area contributed by atoms with Crippen molar-refractivity contribution in [2.45, 2.75) is 13.0 Å². The van der Waals surface area contributed by atoms with Crippen molar-refractivity contribution in [3.63, 3.8) is 0 Å². The molecule has 0 saturated carbocycles. The lowest BCUT2D eigenvalue weighted by molar-refractivity contribution is 0.180. The molecule has 4 nitrogen and oxygen atoms in total. The number of nitrogens with zero attached hydrogens (tertiary/aromatic N) is 2. The molecule has 1 N–H and O–H groups in total. The topological polar surface area (TPSA) is 47.0 Å². The van der Waals surface area contributed by atoms with Crippen molar-refractivity contribution in [2.75, 3.05) is 19.5 Å². The molecule has 0 aliphatic carbocycles. The number of anilines is 1. The maximum atomic E-state index is 13.2. The average molecular weight is 340 g/mol. The van der Waals surface area contributed by atoms with E-state index in [0.29, 0.717) is 24.7 Å². The van der Waals surface area contributed by atoms with Crippen LogP contribution in [0.15, 0.2) is 28.7 Å². The minimum atomic E-state index is -0.259. The molecular weight excluding hydrogens is 325 g/mol. The summed E-state index contributed by atoms with van der Waals surface area (Å²) in [5, 5.41) is 3.00. The van der Waals surface area contributed by atoms with Crippen LogP contribution in [0.3, 0.4) is 0 Å². The number of aromatic nitrogens is 2. The Morgan fingerprint density at radius 3 is 2.80 bits per heavy atom. The average Bonchev–Trinajstić information content (AvgIpc) is 2.42. The predicted octanol–water partition coefficient (Wildman–Crippen LogP) is 3.16. The highest BCUT2D eigenvalue weighted by molar-refractivity contribution is 9.10. The van der Waals surface area contributed by atoms with Crippen LogP contribution in [0.2, 0.25) is 0 Å². The van der Waals surface area contributed by atoms with Crippen LogP contribution in [0.25, 0.3) is 0 Å². The van der Waals surface area contributed by atoms with Gasteiger partial charge in [0.05, 0.1) is 16.8 Å². The van der Waals surface area contributed by atoms with Crippen LogP contribution in [0, 0.1) is 5.82 Å². The maximum absolute atomic E-state index is 13.2. The molecule has 6 heteroatoms. The molecule has 2 rings (SSSR count). The minimum absolute atomic E-state index is 0.259. The fourth-order valence-electron chi connectivity index (χ4n) is 1.85. The Hall–Kier alpha value is -1.53. The van der Waals surface area contributed by atoms with Crippen LogP contribution < -0.4 is 5.32 Å². The molecule has 1 aromatic heterocycles. The molecule has 0 amide bonds. The zero-order valence-electron chi connectivity index (χ0n) is 11.3. The Morgan fingerprint density at radius 2 is 2.15 bits per heavy atom. The van der Waals surface area contributed by atoms with Gasteiger partial charge in [-0.05, 0) is 33.6 Å². The van der Waals surface area contributed by atoms with Gasteiger partial charge < -0.3 is 10.1 Å². The number of hydrogen-bond acceptors (Lipinski definition) is 4. The van der Waals surface area contributed by atoms with Gasteiger partial charge in [0.15, 0.2) is 0 Å². The molecule has 1 heterocycles. The lowest BCUT2D eigenvalue weighted by Gasteiger charge is -2.10. The molecule has 1 aromatic carbocycles. The van der Waals surface area contributed by atoms with Gasteiger partial charge in [0.2, 0.25) is 0 Å². The van der Waals surface area contributed by atoms with E-state index in [2.05, 4.69) is 31.2 Å². The third kappa shape index (κ3) is 3.52. The van der Waals surface area contributed by atoms with E-state index < -0.39 is 0 Å². The number of hydrogen-bond donors (Lipinski definition) is 1. The SMILES string of the molecule is CNc1nc(Cc2cccc(F)c2)nc(COC)c1Br. The van der Waals surface area contributed by atoms with Gasteiger partial charge in [-0.3, -0.25) is 0 Å². The highest BCUT2D eigenvalue weighted by Crippen LogP contribution is 2.24. The van der Waals surface area contributed by atoms with Gasteiger partial charge in [0.25, 0.3) is 0 Å². The predicted molar refractivity (Wildman–Crippen MR) is 79.2 cm³/mol. The summed E-state index contributed by atoms with van der Waals surface area (Å²) in [5.74, 6) is 1.05. The number of halogens is 2. The van der Waals surface area contributed by atoms with Crippen LogP contribution in [0.5, 0.6) is 0 Å². The molecule has 0 bridgehead atoms. The van der Waals surface area contributed by atoms with Crippen LogP contribution in [0.4, 0.5) is 10.2 Å². The van der Waals surface area contributed by atoms with Crippen LogP contribution >= 0.6 is 15.9 Å². The zero-order valence-corrected chi connectivity index (χ0v) is 12.9. The first-order valence-electron chi connectivity index (χ1n) is 6.10. The third-order valence-corrected chi connectivity index (χ3v) is 3.57. The Bertz CT molecular complexity index is 607. The second-order valence-electron chi connectivity index (χ2n) is 4.24. The van der Waals surface area contributed by atoms with E-state index in [4.69, 9.17) is 4.74 Å². The van der Waals surface area contributed by atoms with Crippen molar-refractivity contribution in [1.29, 1.82) is 0 Å². The smallest absolute Gasteiger partial charge is 0.144 e. The first kappa shape index (κ1) is 14.9. The second kappa shape index (κ2) is 6.76. The van der Waals surface area contributed by atoms with Gasteiger partial charge in [0, 0.05) is 20.6 Å². The normalized spacial score (nSPS) is 10.6.